The molecule has 0 amide bonds. The molecular formula is C12H6Br2ClN3S. The SMILES string of the molecule is Clc1nc(Nc2ccc(Br)cc2Br)c2ccsc2n1. The summed E-state index contributed by atoms with van der Waals surface area (Å²) >= 11 is 14.4. The van der Waals surface area contributed by atoms with Crippen LogP contribution < -0.4 is 5.32 Å². The van der Waals surface area contributed by atoms with Gasteiger partial charge in [0.2, 0.25) is 5.28 Å². The second-order valence-electron chi connectivity index (χ2n) is 3.73. The summed E-state index contributed by atoms with van der Waals surface area (Å²) in [6.45, 7) is 0. The van der Waals surface area contributed by atoms with E-state index in [1.165, 1.54) is 11.3 Å². The summed E-state index contributed by atoms with van der Waals surface area (Å²) in [5, 5.41) is 6.45. The number of fused-ring (bicyclic) bond motifs is 1. The van der Waals surface area contributed by atoms with E-state index in [9.17, 15) is 0 Å². The maximum atomic E-state index is 5.94. The molecule has 0 fully saturated rings. The monoisotopic (exact) mass is 417 g/mol. The molecule has 3 nitrogen and oxygen atoms in total. The maximum absolute atomic E-state index is 5.94. The number of anilines is 2. The van der Waals surface area contributed by atoms with Crippen LogP contribution >= 0.6 is 54.8 Å². The normalized spacial score (nSPS) is 10.9. The van der Waals surface area contributed by atoms with E-state index in [4.69, 9.17) is 11.6 Å². The predicted molar refractivity (Wildman–Crippen MR) is 87.5 cm³/mol. The highest BCUT2D eigenvalue weighted by Gasteiger charge is 2.09. The molecule has 1 aromatic carbocycles. The Morgan fingerprint density at radius 1 is 1.16 bits per heavy atom. The zero-order chi connectivity index (χ0) is 13.4. The van der Waals surface area contributed by atoms with Crippen LogP contribution in [-0.4, -0.2) is 9.97 Å². The van der Waals surface area contributed by atoms with Crippen LogP contribution in [0.25, 0.3) is 10.2 Å². The average Bonchev–Trinajstić information content (AvgIpc) is 2.80. The quantitative estimate of drug-likeness (QED) is 0.549. The van der Waals surface area contributed by atoms with E-state index in [1.54, 1.807) is 0 Å². The van der Waals surface area contributed by atoms with E-state index < -0.39 is 0 Å². The highest BCUT2D eigenvalue weighted by Crippen LogP contribution is 2.32. The summed E-state index contributed by atoms with van der Waals surface area (Å²) in [7, 11) is 0. The molecular weight excluding hydrogens is 413 g/mol. The molecule has 0 spiro atoms. The summed E-state index contributed by atoms with van der Waals surface area (Å²) < 4.78 is 1.95. The van der Waals surface area contributed by atoms with Crippen molar-refractivity contribution in [1.29, 1.82) is 0 Å². The molecule has 1 N–H and O–H groups in total. The van der Waals surface area contributed by atoms with Crippen molar-refractivity contribution in [2.24, 2.45) is 0 Å². The van der Waals surface area contributed by atoms with Gasteiger partial charge < -0.3 is 5.32 Å². The number of hydrogen-bond donors (Lipinski definition) is 1. The lowest BCUT2D eigenvalue weighted by atomic mass is 10.3. The van der Waals surface area contributed by atoms with Gasteiger partial charge in [-0.1, -0.05) is 15.9 Å². The van der Waals surface area contributed by atoms with Gasteiger partial charge in [0.1, 0.15) is 10.6 Å². The minimum Gasteiger partial charge on any atom is -0.339 e. The first kappa shape index (κ1) is 13.3. The van der Waals surface area contributed by atoms with Crippen molar-refractivity contribution in [2.45, 2.75) is 0 Å². The fourth-order valence-electron chi connectivity index (χ4n) is 1.64. The van der Waals surface area contributed by atoms with Crippen molar-refractivity contribution in [3.05, 3.63) is 43.9 Å². The van der Waals surface area contributed by atoms with Crippen molar-refractivity contribution in [3.8, 4) is 0 Å². The Morgan fingerprint density at radius 2 is 2.00 bits per heavy atom. The Morgan fingerprint density at radius 3 is 2.79 bits per heavy atom. The average molecular weight is 420 g/mol. The van der Waals surface area contributed by atoms with Crippen molar-refractivity contribution in [2.75, 3.05) is 5.32 Å². The van der Waals surface area contributed by atoms with Crippen LogP contribution in [0.3, 0.4) is 0 Å². The van der Waals surface area contributed by atoms with Gasteiger partial charge in [0, 0.05) is 8.95 Å². The molecule has 0 unspecified atom stereocenters. The Labute approximate surface area is 135 Å². The van der Waals surface area contributed by atoms with Crippen LogP contribution in [0.15, 0.2) is 38.6 Å². The molecule has 2 aromatic heterocycles. The molecule has 96 valence electrons. The fourth-order valence-corrected chi connectivity index (χ4v) is 3.77. The van der Waals surface area contributed by atoms with Gasteiger partial charge >= 0.3 is 0 Å². The summed E-state index contributed by atoms with van der Waals surface area (Å²) in [6.07, 6.45) is 0. The number of aromatic nitrogens is 2. The molecule has 0 aliphatic carbocycles. The third kappa shape index (κ3) is 2.76. The minimum atomic E-state index is 0.241. The molecule has 19 heavy (non-hydrogen) atoms. The lowest BCUT2D eigenvalue weighted by molar-refractivity contribution is 1.23. The second kappa shape index (κ2) is 5.36. The number of nitrogens with one attached hydrogen (secondary N) is 1. The topological polar surface area (TPSA) is 37.8 Å². The Kier molecular flexibility index (Phi) is 3.75. The Balaban J connectivity index is 2.07. The molecule has 0 saturated carbocycles. The third-order valence-electron chi connectivity index (χ3n) is 2.48. The number of benzene rings is 1. The maximum Gasteiger partial charge on any atom is 0.225 e. The first-order chi connectivity index (χ1) is 9.13. The van der Waals surface area contributed by atoms with Crippen molar-refractivity contribution in [1.82, 2.24) is 9.97 Å². The van der Waals surface area contributed by atoms with Gasteiger partial charge in [-0.25, -0.2) is 4.98 Å². The number of hydrogen-bond acceptors (Lipinski definition) is 4. The zero-order valence-corrected chi connectivity index (χ0v) is 14.1. The van der Waals surface area contributed by atoms with Gasteiger partial charge in [-0.2, -0.15) is 4.98 Å². The number of rotatable bonds is 2. The standard InChI is InChI=1S/C12H6Br2ClN3S/c13-6-1-2-9(8(14)5-6)16-10-7-3-4-19-11(7)18-12(15)17-10/h1-5H,(H,16,17,18). The summed E-state index contributed by atoms with van der Waals surface area (Å²) in [4.78, 5) is 9.31. The molecule has 0 aliphatic rings. The highest BCUT2D eigenvalue weighted by atomic mass is 79.9. The smallest absolute Gasteiger partial charge is 0.225 e. The molecule has 0 bridgehead atoms. The van der Waals surface area contributed by atoms with E-state index in [-0.39, 0.29) is 5.28 Å². The molecule has 0 atom stereocenters. The van der Waals surface area contributed by atoms with E-state index in [1.807, 2.05) is 29.6 Å². The van der Waals surface area contributed by atoms with Crippen LogP contribution in [0.5, 0.6) is 0 Å². The van der Waals surface area contributed by atoms with Gasteiger partial charge in [-0.3, -0.25) is 0 Å². The lowest BCUT2D eigenvalue weighted by Crippen LogP contribution is -1.96. The largest absolute Gasteiger partial charge is 0.339 e. The molecule has 0 radical (unpaired) electrons. The predicted octanol–water partition coefficient (Wildman–Crippen LogP) is 5.61. The van der Waals surface area contributed by atoms with Crippen LogP contribution in [0.1, 0.15) is 0 Å². The van der Waals surface area contributed by atoms with Crippen molar-refractivity contribution >= 4 is 76.5 Å². The van der Waals surface area contributed by atoms with Gasteiger partial charge in [-0.05, 0) is 57.2 Å². The lowest BCUT2D eigenvalue weighted by Gasteiger charge is -2.09. The van der Waals surface area contributed by atoms with Crippen LogP contribution in [0.2, 0.25) is 5.28 Å². The first-order valence-electron chi connectivity index (χ1n) is 5.26. The van der Waals surface area contributed by atoms with Gasteiger partial charge in [0.25, 0.3) is 0 Å². The fraction of sp³-hybridized carbons (Fsp3) is 0. The first-order valence-corrected chi connectivity index (χ1v) is 8.10. The molecule has 0 aliphatic heterocycles. The van der Waals surface area contributed by atoms with Crippen molar-refractivity contribution in [3.63, 3.8) is 0 Å². The second-order valence-corrected chi connectivity index (χ2v) is 6.73. The molecule has 0 saturated heterocycles. The van der Waals surface area contributed by atoms with E-state index in [2.05, 4.69) is 47.1 Å². The molecule has 3 rings (SSSR count). The van der Waals surface area contributed by atoms with E-state index in [0.29, 0.717) is 5.82 Å². The molecule has 3 aromatic rings. The summed E-state index contributed by atoms with van der Waals surface area (Å²) in [5.74, 6) is 0.708. The Hall–Kier alpha value is -0.690. The zero-order valence-electron chi connectivity index (χ0n) is 9.32. The van der Waals surface area contributed by atoms with E-state index >= 15 is 0 Å². The summed E-state index contributed by atoms with van der Waals surface area (Å²) in [5.41, 5.74) is 0.922. The van der Waals surface area contributed by atoms with Crippen LogP contribution in [-0.2, 0) is 0 Å². The number of thiophene rings is 1. The number of nitrogens with zero attached hydrogens (tertiary/aromatic N) is 2. The Bertz CT molecular complexity index is 760. The summed E-state index contributed by atoms with van der Waals surface area (Å²) in [6, 6.07) is 7.87. The van der Waals surface area contributed by atoms with E-state index in [0.717, 1.165) is 24.8 Å². The van der Waals surface area contributed by atoms with Gasteiger partial charge in [-0.15, -0.1) is 11.3 Å². The highest BCUT2D eigenvalue weighted by molar-refractivity contribution is 9.11. The number of halogens is 3. The minimum absolute atomic E-state index is 0.241. The van der Waals surface area contributed by atoms with Crippen LogP contribution in [0.4, 0.5) is 11.5 Å². The molecule has 2 heterocycles. The molecule has 7 heteroatoms. The van der Waals surface area contributed by atoms with Crippen LogP contribution in [0, 0.1) is 0 Å². The van der Waals surface area contributed by atoms with Gasteiger partial charge in [0.05, 0.1) is 11.1 Å². The van der Waals surface area contributed by atoms with Crippen molar-refractivity contribution < 1.29 is 0 Å². The third-order valence-corrected chi connectivity index (χ3v) is 4.61. The van der Waals surface area contributed by atoms with Gasteiger partial charge in [0.15, 0.2) is 0 Å².